The molecule has 7 heteroatoms. The number of imidazole rings is 1. The van der Waals surface area contributed by atoms with E-state index in [0.29, 0.717) is 31.2 Å². The molecule has 0 bridgehead atoms. The number of hydrogen-bond acceptors (Lipinski definition) is 4. The maximum absolute atomic E-state index is 12.8. The molecule has 0 aromatic carbocycles. The van der Waals surface area contributed by atoms with Gasteiger partial charge in [-0.3, -0.25) is 9.59 Å². The second-order valence-electron chi connectivity index (χ2n) is 6.66. The molecular weight excluding hydrogens is 320 g/mol. The zero-order chi connectivity index (χ0) is 17.8. The highest BCUT2D eigenvalue weighted by Crippen LogP contribution is 2.22. The number of hydrogen-bond donors (Lipinski definition) is 1. The Morgan fingerprint density at radius 3 is 2.76 bits per heavy atom. The molecule has 1 unspecified atom stereocenters. The Morgan fingerprint density at radius 1 is 1.28 bits per heavy atom. The minimum Gasteiger partial charge on any atom is -0.376 e. The third kappa shape index (κ3) is 3.71. The first-order chi connectivity index (χ1) is 12.2. The molecule has 0 spiro atoms. The Bertz CT molecular complexity index is 631. The number of aromatic nitrogens is 2. The lowest BCUT2D eigenvalue weighted by molar-refractivity contribution is 0.0754. The quantitative estimate of drug-likeness (QED) is 0.847. The van der Waals surface area contributed by atoms with E-state index < -0.39 is 0 Å². The molecule has 25 heavy (non-hydrogen) atoms. The summed E-state index contributed by atoms with van der Waals surface area (Å²) < 4.78 is 7.50. The van der Waals surface area contributed by atoms with E-state index in [0.717, 1.165) is 50.9 Å². The molecule has 2 aliphatic rings. The van der Waals surface area contributed by atoms with E-state index >= 15 is 0 Å². The van der Waals surface area contributed by atoms with Crippen LogP contribution in [0.25, 0.3) is 0 Å². The summed E-state index contributed by atoms with van der Waals surface area (Å²) in [6, 6.07) is 0. The first kappa shape index (κ1) is 17.9. The number of nitrogens with one attached hydrogen (secondary N) is 1. The molecule has 0 saturated carbocycles. The number of fused-ring (bicyclic) bond motifs is 1. The monoisotopic (exact) mass is 348 g/mol. The van der Waals surface area contributed by atoms with Crippen molar-refractivity contribution < 1.29 is 14.3 Å². The van der Waals surface area contributed by atoms with Gasteiger partial charge in [0.05, 0.1) is 11.8 Å². The van der Waals surface area contributed by atoms with Crippen molar-refractivity contribution in [3.05, 3.63) is 17.2 Å². The molecule has 1 N–H and O–H groups in total. The van der Waals surface area contributed by atoms with Crippen molar-refractivity contribution in [1.29, 1.82) is 0 Å². The van der Waals surface area contributed by atoms with Crippen molar-refractivity contribution in [2.24, 2.45) is 0 Å². The molecule has 3 heterocycles. The van der Waals surface area contributed by atoms with E-state index in [1.807, 2.05) is 18.4 Å². The van der Waals surface area contributed by atoms with E-state index in [-0.39, 0.29) is 17.9 Å². The minimum absolute atomic E-state index is 0.0914. The van der Waals surface area contributed by atoms with E-state index in [1.165, 1.54) is 0 Å². The van der Waals surface area contributed by atoms with Gasteiger partial charge in [-0.25, -0.2) is 4.98 Å². The average Bonchev–Trinajstić information content (AvgIpc) is 3.28. The maximum atomic E-state index is 12.8. The summed E-state index contributed by atoms with van der Waals surface area (Å²) in [5.41, 5.74) is 1.31. The topological polar surface area (TPSA) is 76.5 Å². The zero-order valence-electron chi connectivity index (χ0n) is 15.2. The molecule has 3 rings (SSSR count). The molecule has 1 saturated heterocycles. The third-order valence-electron chi connectivity index (χ3n) is 5.09. The highest BCUT2D eigenvalue weighted by Gasteiger charge is 2.29. The Labute approximate surface area is 148 Å². The first-order valence-electron chi connectivity index (χ1n) is 9.44. The highest BCUT2D eigenvalue weighted by atomic mass is 16.5. The molecule has 1 atom stereocenters. The van der Waals surface area contributed by atoms with Crippen molar-refractivity contribution in [3.63, 3.8) is 0 Å². The molecule has 0 aliphatic carbocycles. The number of ether oxygens (including phenoxy) is 1. The van der Waals surface area contributed by atoms with Crippen LogP contribution in [0, 0.1) is 0 Å². The van der Waals surface area contributed by atoms with Crippen molar-refractivity contribution >= 4 is 11.8 Å². The van der Waals surface area contributed by atoms with E-state index in [9.17, 15) is 9.59 Å². The van der Waals surface area contributed by atoms with Gasteiger partial charge in [0.25, 0.3) is 11.8 Å². The molecule has 2 aliphatic heterocycles. The number of nitrogens with zero attached hydrogens (tertiary/aromatic N) is 3. The first-order valence-corrected chi connectivity index (χ1v) is 9.44. The van der Waals surface area contributed by atoms with E-state index in [4.69, 9.17) is 4.74 Å². The summed E-state index contributed by atoms with van der Waals surface area (Å²) in [6.07, 6.45) is 4.95. The van der Waals surface area contributed by atoms with Crippen molar-refractivity contribution in [2.75, 3.05) is 26.2 Å². The lowest BCUT2D eigenvalue weighted by Crippen LogP contribution is -2.33. The Kier molecular flexibility index (Phi) is 5.73. The maximum Gasteiger partial charge on any atom is 0.289 e. The largest absolute Gasteiger partial charge is 0.376 e. The predicted molar refractivity (Wildman–Crippen MR) is 93.7 cm³/mol. The fraction of sp³-hybridized carbons (Fsp3) is 0.722. The molecule has 1 aromatic rings. The van der Waals surface area contributed by atoms with Crippen LogP contribution in [0.3, 0.4) is 0 Å². The minimum atomic E-state index is -0.195. The summed E-state index contributed by atoms with van der Waals surface area (Å²) >= 11 is 0. The lowest BCUT2D eigenvalue weighted by Gasteiger charge is -2.21. The van der Waals surface area contributed by atoms with Crippen molar-refractivity contribution in [3.8, 4) is 0 Å². The van der Waals surface area contributed by atoms with Gasteiger partial charge in [-0.1, -0.05) is 0 Å². The molecule has 2 amide bonds. The standard InChI is InChI=1S/C18H28N4O3/c1-3-21(4-2)18(24)16-20-15(14-9-5-6-10-22(14)16)17(23)19-12-13-8-7-11-25-13/h13H,3-12H2,1-2H3,(H,19,23). The molecule has 1 aromatic heterocycles. The van der Waals surface area contributed by atoms with Crippen molar-refractivity contribution in [1.82, 2.24) is 19.8 Å². The number of carbonyl (C=O) groups excluding carboxylic acids is 2. The van der Waals surface area contributed by atoms with Crippen LogP contribution in [-0.4, -0.2) is 58.6 Å². The molecular formula is C18H28N4O3. The normalized spacial score (nSPS) is 19.5. The smallest absolute Gasteiger partial charge is 0.289 e. The number of amides is 2. The SMILES string of the molecule is CCN(CC)C(=O)c1nc(C(=O)NCC2CCCO2)c2n1CCCC2. The van der Waals surface area contributed by atoms with Crippen LogP contribution < -0.4 is 5.32 Å². The fourth-order valence-corrected chi connectivity index (χ4v) is 3.64. The van der Waals surface area contributed by atoms with Gasteiger partial charge in [0, 0.05) is 32.8 Å². The highest BCUT2D eigenvalue weighted by molar-refractivity contribution is 5.97. The average molecular weight is 348 g/mol. The van der Waals surface area contributed by atoms with Gasteiger partial charge in [0.15, 0.2) is 5.82 Å². The summed E-state index contributed by atoms with van der Waals surface area (Å²) in [7, 11) is 0. The van der Waals surface area contributed by atoms with Crippen LogP contribution >= 0.6 is 0 Å². The summed E-state index contributed by atoms with van der Waals surface area (Å²) in [5.74, 6) is 0.117. The van der Waals surface area contributed by atoms with Gasteiger partial charge in [-0.2, -0.15) is 0 Å². The third-order valence-corrected chi connectivity index (χ3v) is 5.09. The summed E-state index contributed by atoms with van der Waals surface area (Å²) in [4.78, 5) is 31.6. The summed E-state index contributed by atoms with van der Waals surface area (Å²) in [5, 5.41) is 2.94. The van der Waals surface area contributed by atoms with Gasteiger partial charge in [0.2, 0.25) is 0 Å². The Morgan fingerprint density at radius 2 is 2.08 bits per heavy atom. The van der Waals surface area contributed by atoms with Gasteiger partial charge < -0.3 is 19.5 Å². The van der Waals surface area contributed by atoms with Gasteiger partial charge >= 0.3 is 0 Å². The van der Waals surface area contributed by atoms with Crippen LogP contribution in [0.5, 0.6) is 0 Å². The molecule has 1 fully saturated rings. The second kappa shape index (κ2) is 7.99. The fourth-order valence-electron chi connectivity index (χ4n) is 3.64. The Balaban J connectivity index is 1.81. The van der Waals surface area contributed by atoms with E-state index in [1.54, 1.807) is 4.90 Å². The predicted octanol–water partition coefficient (Wildman–Crippen LogP) is 1.61. The number of carbonyl (C=O) groups is 2. The van der Waals surface area contributed by atoms with Crippen molar-refractivity contribution in [2.45, 2.75) is 58.6 Å². The van der Waals surface area contributed by atoms with Crippen LogP contribution in [-0.2, 0) is 17.7 Å². The van der Waals surface area contributed by atoms with Crippen LogP contribution in [0.15, 0.2) is 0 Å². The molecule has 138 valence electrons. The lowest BCUT2D eigenvalue weighted by atomic mass is 10.1. The van der Waals surface area contributed by atoms with Gasteiger partial charge in [0.1, 0.15) is 5.69 Å². The number of rotatable bonds is 6. The second-order valence-corrected chi connectivity index (χ2v) is 6.66. The van der Waals surface area contributed by atoms with Gasteiger partial charge in [-0.15, -0.1) is 0 Å². The van der Waals surface area contributed by atoms with Gasteiger partial charge in [-0.05, 0) is 46.0 Å². The van der Waals surface area contributed by atoms with Crippen LogP contribution in [0.2, 0.25) is 0 Å². The Hall–Kier alpha value is -1.89. The van der Waals surface area contributed by atoms with Crippen LogP contribution in [0.1, 0.15) is 66.3 Å². The molecule has 0 radical (unpaired) electrons. The molecule has 7 nitrogen and oxygen atoms in total. The van der Waals surface area contributed by atoms with E-state index in [2.05, 4.69) is 10.3 Å². The zero-order valence-corrected chi connectivity index (χ0v) is 15.2. The summed E-state index contributed by atoms with van der Waals surface area (Å²) in [6.45, 7) is 7.21. The van der Waals surface area contributed by atoms with Crippen LogP contribution in [0.4, 0.5) is 0 Å².